The average Bonchev–Trinajstić information content (AvgIpc) is 3.08. The lowest BCUT2D eigenvalue weighted by atomic mass is 10.0. The number of halogens is 1. The molecule has 1 unspecified atom stereocenters. The van der Waals surface area contributed by atoms with Gasteiger partial charge in [0.05, 0.1) is 12.3 Å². The lowest BCUT2D eigenvalue weighted by molar-refractivity contribution is 0.447. The van der Waals surface area contributed by atoms with Gasteiger partial charge in [0.1, 0.15) is 11.6 Å². The predicted octanol–water partition coefficient (Wildman–Crippen LogP) is 4.34. The highest BCUT2D eigenvalue weighted by atomic mass is 19.1. The third-order valence-electron chi connectivity index (χ3n) is 3.66. The summed E-state index contributed by atoms with van der Waals surface area (Å²) in [6.07, 6.45) is 2.31. The maximum absolute atomic E-state index is 13.7. The minimum atomic E-state index is -0.154. The van der Waals surface area contributed by atoms with Crippen molar-refractivity contribution in [1.82, 2.24) is 5.32 Å². The molecule has 3 rings (SSSR count). The van der Waals surface area contributed by atoms with E-state index in [9.17, 15) is 4.39 Å². The highest BCUT2D eigenvalue weighted by Gasteiger charge is 2.15. The van der Waals surface area contributed by atoms with E-state index in [-0.39, 0.29) is 11.9 Å². The third kappa shape index (κ3) is 3.43. The number of hydrogen-bond donors (Lipinski definition) is 1. The molecule has 3 heteroatoms. The standard InChI is InChI=1S/C19H18FNO/c20-17-10-5-4-7-15(17)12-13-21-19(18-11-6-14-22-18)16-8-2-1-3-9-16/h1-11,14,19,21H,12-13H2. The van der Waals surface area contributed by atoms with Gasteiger partial charge in [0, 0.05) is 6.54 Å². The van der Waals surface area contributed by atoms with E-state index in [1.54, 1.807) is 12.3 Å². The Balaban J connectivity index is 1.70. The summed E-state index contributed by atoms with van der Waals surface area (Å²) in [5, 5.41) is 3.45. The molecule has 2 aromatic carbocycles. The second kappa shape index (κ2) is 7.05. The Morgan fingerprint density at radius 2 is 1.68 bits per heavy atom. The van der Waals surface area contributed by atoms with Gasteiger partial charge in [-0.15, -0.1) is 0 Å². The van der Waals surface area contributed by atoms with Crippen molar-refractivity contribution in [2.45, 2.75) is 12.5 Å². The van der Waals surface area contributed by atoms with Gasteiger partial charge in [-0.05, 0) is 35.7 Å². The third-order valence-corrected chi connectivity index (χ3v) is 3.66. The van der Waals surface area contributed by atoms with E-state index in [0.29, 0.717) is 13.0 Å². The van der Waals surface area contributed by atoms with Gasteiger partial charge in [0.2, 0.25) is 0 Å². The van der Waals surface area contributed by atoms with E-state index in [4.69, 9.17) is 4.42 Å². The van der Waals surface area contributed by atoms with Crippen LogP contribution in [0.4, 0.5) is 4.39 Å². The van der Waals surface area contributed by atoms with Crippen molar-refractivity contribution in [3.8, 4) is 0 Å². The molecule has 3 aromatic rings. The molecule has 1 aromatic heterocycles. The van der Waals surface area contributed by atoms with Crippen LogP contribution in [0, 0.1) is 5.82 Å². The van der Waals surface area contributed by atoms with Crippen LogP contribution in [0.5, 0.6) is 0 Å². The van der Waals surface area contributed by atoms with Crippen LogP contribution < -0.4 is 5.32 Å². The molecule has 0 bridgehead atoms. The van der Waals surface area contributed by atoms with Crippen LogP contribution in [0.2, 0.25) is 0 Å². The van der Waals surface area contributed by atoms with Gasteiger partial charge in [-0.1, -0.05) is 48.5 Å². The van der Waals surface area contributed by atoms with Crippen LogP contribution in [-0.2, 0) is 6.42 Å². The van der Waals surface area contributed by atoms with Crippen molar-refractivity contribution in [3.05, 3.63) is 95.7 Å². The van der Waals surface area contributed by atoms with Crippen molar-refractivity contribution in [3.63, 3.8) is 0 Å². The van der Waals surface area contributed by atoms with E-state index in [0.717, 1.165) is 16.9 Å². The van der Waals surface area contributed by atoms with Gasteiger partial charge in [-0.2, -0.15) is 0 Å². The van der Waals surface area contributed by atoms with Gasteiger partial charge < -0.3 is 9.73 Å². The summed E-state index contributed by atoms with van der Waals surface area (Å²) in [7, 11) is 0. The molecule has 0 aliphatic heterocycles. The van der Waals surface area contributed by atoms with Crippen molar-refractivity contribution >= 4 is 0 Å². The first-order valence-electron chi connectivity index (χ1n) is 7.40. The second-order valence-corrected chi connectivity index (χ2v) is 5.15. The summed E-state index contributed by atoms with van der Waals surface area (Å²) in [6, 6.07) is 20.8. The summed E-state index contributed by atoms with van der Waals surface area (Å²) in [4.78, 5) is 0. The predicted molar refractivity (Wildman–Crippen MR) is 85.1 cm³/mol. The SMILES string of the molecule is Fc1ccccc1CCNC(c1ccccc1)c1ccco1. The van der Waals surface area contributed by atoms with Crippen LogP contribution in [0.15, 0.2) is 77.4 Å². The topological polar surface area (TPSA) is 25.2 Å². The molecular weight excluding hydrogens is 277 g/mol. The molecule has 0 aliphatic carbocycles. The Morgan fingerprint density at radius 3 is 2.41 bits per heavy atom. The van der Waals surface area contributed by atoms with Gasteiger partial charge in [-0.3, -0.25) is 0 Å². The van der Waals surface area contributed by atoms with Gasteiger partial charge >= 0.3 is 0 Å². The molecule has 22 heavy (non-hydrogen) atoms. The summed E-state index contributed by atoms with van der Waals surface area (Å²) in [5.74, 6) is 0.707. The lowest BCUT2D eigenvalue weighted by Gasteiger charge is -2.17. The number of rotatable bonds is 6. The van der Waals surface area contributed by atoms with E-state index in [2.05, 4.69) is 17.4 Å². The number of benzene rings is 2. The lowest BCUT2D eigenvalue weighted by Crippen LogP contribution is -2.24. The maximum atomic E-state index is 13.7. The zero-order chi connectivity index (χ0) is 15.2. The highest BCUT2D eigenvalue weighted by molar-refractivity contribution is 5.26. The van der Waals surface area contributed by atoms with Crippen LogP contribution in [0.1, 0.15) is 22.9 Å². The minimum Gasteiger partial charge on any atom is -0.467 e. The van der Waals surface area contributed by atoms with Crippen molar-refractivity contribution in [2.24, 2.45) is 0 Å². The molecule has 0 amide bonds. The quantitative estimate of drug-likeness (QED) is 0.732. The first kappa shape index (κ1) is 14.5. The van der Waals surface area contributed by atoms with E-state index in [1.165, 1.54) is 6.07 Å². The fourth-order valence-corrected chi connectivity index (χ4v) is 2.54. The summed E-state index contributed by atoms with van der Waals surface area (Å²) in [6.45, 7) is 0.668. The molecule has 0 spiro atoms. The largest absolute Gasteiger partial charge is 0.467 e. The van der Waals surface area contributed by atoms with Crippen LogP contribution in [0.25, 0.3) is 0 Å². The molecule has 1 heterocycles. The fraction of sp³-hybridized carbons (Fsp3) is 0.158. The summed E-state index contributed by atoms with van der Waals surface area (Å²) >= 11 is 0. The molecule has 0 saturated heterocycles. The molecule has 0 radical (unpaired) electrons. The fourth-order valence-electron chi connectivity index (χ4n) is 2.54. The molecular formula is C19H18FNO. The van der Waals surface area contributed by atoms with Gasteiger partial charge in [0.15, 0.2) is 0 Å². The molecule has 1 N–H and O–H groups in total. The maximum Gasteiger partial charge on any atom is 0.126 e. The number of nitrogens with one attached hydrogen (secondary N) is 1. The molecule has 1 atom stereocenters. The van der Waals surface area contributed by atoms with Crippen LogP contribution >= 0.6 is 0 Å². The summed E-state index contributed by atoms with van der Waals surface area (Å²) in [5.41, 5.74) is 1.85. The van der Waals surface area contributed by atoms with Crippen LogP contribution in [-0.4, -0.2) is 6.54 Å². The second-order valence-electron chi connectivity index (χ2n) is 5.15. The van der Waals surface area contributed by atoms with Gasteiger partial charge in [-0.25, -0.2) is 4.39 Å². The summed E-state index contributed by atoms with van der Waals surface area (Å²) < 4.78 is 19.2. The Kier molecular flexibility index (Phi) is 4.66. The Hall–Kier alpha value is -2.39. The van der Waals surface area contributed by atoms with E-state index < -0.39 is 0 Å². The first-order valence-corrected chi connectivity index (χ1v) is 7.40. The smallest absolute Gasteiger partial charge is 0.126 e. The molecule has 2 nitrogen and oxygen atoms in total. The van der Waals surface area contributed by atoms with Crippen molar-refractivity contribution in [2.75, 3.05) is 6.54 Å². The Bertz CT molecular complexity index is 694. The Morgan fingerprint density at radius 1 is 0.909 bits per heavy atom. The number of hydrogen-bond acceptors (Lipinski definition) is 2. The molecule has 0 aliphatic rings. The number of furan rings is 1. The minimum absolute atomic E-state index is 0.0250. The highest BCUT2D eigenvalue weighted by Crippen LogP contribution is 2.22. The van der Waals surface area contributed by atoms with Gasteiger partial charge in [0.25, 0.3) is 0 Å². The molecule has 112 valence electrons. The van der Waals surface area contributed by atoms with Crippen LogP contribution in [0.3, 0.4) is 0 Å². The Labute approximate surface area is 129 Å². The zero-order valence-electron chi connectivity index (χ0n) is 12.2. The normalized spacial score (nSPS) is 12.2. The van der Waals surface area contributed by atoms with Crippen molar-refractivity contribution in [1.29, 1.82) is 0 Å². The monoisotopic (exact) mass is 295 g/mol. The molecule has 0 saturated carbocycles. The first-order chi connectivity index (χ1) is 10.8. The van der Waals surface area contributed by atoms with E-state index in [1.807, 2.05) is 42.5 Å². The molecule has 0 fully saturated rings. The van der Waals surface area contributed by atoms with Crippen molar-refractivity contribution < 1.29 is 8.81 Å². The average molecular weight is 295 g/mol. The van der Waals surface area contributed by atoms with E-state index >= 15 is 0 Å². The zero-order valence-corrected chi connectivity index (χ0v) is 12.2.